The summed E-state index contributed by atoms with van der Waals surface area (Å²) < 4.78 is 6.92. The Labute approximate surface area is 173 Å². The van der Waals surface area contributed by atoms with Gasteiger partial charge in [-0.25, -0.2) is 4.98 Å². The fourth-order valence-corrected chi connectivity index (χ4v) is 3.44. The molecule has 1 aromatic carbocycles. The number of likely N-dealkylation sites (N-methyl/N-ethyl adjacent to an activating group) is 1. The quantitative estimate of drug-likeness (QED) is 0.565. The third-order valence-corrected chi connectivity index (χ3v) is 5.08. The molecule has 10 nitrogen and oxygen atoms in total. The average molecular weight is 409 g/mol. The molecular weight excluding hydrogens is 386 g/mol. The molecular formula is C20H23N7O3. The van der Waals surface area contributed by atoms with Crippen molar-refractivity contribution < 1.29 is 14.3 Å². The Bertz CT molecular complexity index is 1110. The summed E-state index contributed by atoms with van der Waals surface area (Å²) in [6.07, 6.45) is 2.03. The number of likely N-dealkylation sites (tertiary alicyclic amines) is 1. The summed E-state index contributed by atoms with van der Waals surface area (Å²) in [4.78, 5) is 31.2. The zero-order chi connectivity index (χ0) is 21.3. The number of nitrogens with zero attached hydrogens (tertiary/aromatic N) is 4. The van der Waals surface area contributed by atoms with Crippen molar-refractivity contribution in [2.45, 2.75) is 12.5 Å². The van der Waals surface area contributed by atoms with Crippen molar-refractivity contribution in [2.75, 3.05) is 38.4 Å². The molecule has 2 amide bonds. The number of aromatic nitrogens is 3. The molecule has 156 valence electrons. The molecule has 1 aliphatic heterocycles. The number of carbonyl (C=O) groups excluding carboxylic acids is 2. The van der Waals surface area contributed by atoms with E-state index in [4.69, 9.17) is 4.74 Å². The number of amides is 2. The highest BCUT2D eigenvalue weighted by atomic mass is 16.5. The first-order chi connectivity index (χ1) is 14.5. The van der Waals surface area contributed by atoms with Crippen molar-refractivity contribution in [1.29, 1.82) is 0 Å². The summed E-state index contributed by atoms with van der Waals surface area (Å²) >= 11 is 0. The minimum Gasteiger partial charge on any atom is -0.495 e. The molecule has 0 spiro atoms. The summed E-state index contributed by atoms with van der Waals surface area (Å²) in [5.74, 6) is 1.35. The number of hydrogen-bond acceptors (Lipinski definition) is 7. The van der Waals surface area contributed by atoms with Crippen LogP contribution in [-0.2, 0) is 4.79 Å². The molecule has 0 bridgehead atoms. The number of para-hydroxylation sites is 2. The number of ether oxygens (including phenoxy) is 1. The Morgan fingerprint density at radius 1 is 1.30 bits per heavy atom. The van der Waals surface area contributed by atoms with Crippen LogP contribution in [-0.4, -0.2) is 65.1 Å². The minimum absolute atomic E-state index is 0.0952. The van der Waals surface area contributed by atoms with Gasteiger partial charge >= 0.3 is 0 Å². The molecule has 1 saturated heterocycles. The van der Waals surface area contributed by atoms with Gasteiger partial charge < -0.3 is 25.6 Å². The second kappa shape index (κ2) is 7.90. The molecule has 1 fully saturated rings. The monoisotopic (exact) mass is 409 g/mol. The first kappa shape index (κ1) is 19.5. The lowest BCUT2D eigenvalue weighted by Crippen LogP contribution is -2.40. The van der Waals surface area contributed by atoms with E-state index in [0.29, 0.717) is 36.0 Å². The first-order valence-electron chi connectivity index (χ1n) is 9.54. The number of nitrogens with one attached hydrogen (secondary N) is 3. The van der Waals surface area contributed by atoms with Crippen LogP contribution in [0, 0.1) is 0 Å². The van der Waals surface area contributed by atoms with Gasteiger partial charge in [0.05, 0.1) is 19.0 Å². The number of anilines is 3. The lowest BCUT2D eigenvalue weighted by atomic mass is 10.2. The van der Waals surface area contributed by atoms with Gasteiger partial charge in [0.1, 0.15) is 29.0 Å². The molecule has 0 saturated carbocycles. The third kappa shape index (κ3) is 3.47. The first-order valence-corrected chi connectivity index (χ1v) is 9.54. The van der Waals surface area contributed by atoms with Crippen molar-refractivity contribution in [3.8, 4) is 5.75 Å². The molecule has 4 rings (SSSR count). The molecule has 3 N–H and O–H groups in total. The van der Waals surface area contributed by atoms with E-state index in [1.54, 1.807) is 36.7 Å². The molecule has 2 aromatic heterocycles. The van der Waals surface area contributed by atoms with E-state index in [1.807, 2.05) is 24.3 Å². The van der Waals surface area contributed by atoms with Crippen LogP contribution in [0.2, 0.25) is 0 Å². The molecule has 0 radical (unpaired) electrons. The lowest BCUT2D eigenvalue weighted by Gasteiger charge is -2.13. The zero-order valence-electron chi connectivity index (χ0n) is 17.0. The predicted molar refractivity (Wildman–Crippen MR) is 112 cm³/mol. The van der Waals surface area contributed by atoms with Gasteiger partial charge in [-0.05, 0) is 18.6 Å². The summed E-state index contributed by atoms with van der Waals surface area (Å²) in [6, 6.07) is 8.72. The lowest BCUT2D eigenvalue weighted by molar-refractivity contribution is -0.128. The summed E-state index contributed by atoms with van der Waals surface area (Å²) in [5.41, 5.74) is 1.40. The van der Waals surface area contributed by atoms with Crippen LogP contribution in [0.4, 0.5) is 17.3 Å². The van der Waals surface area contributed by atoms with Gasteiger partial charge in [0, 0.05) is 26.7 Å². The van der Waals surface area contributed by atoms with Gasteiger partial charge in [0.25, 0.3) is 5.91 Å². The molecule has 0 aliphatic carbocycles. The Balaban J connectivity index is 1.67. The van der Waals surface area contributed by atoms with E-state index in [9.17, 15) is 9.59 Å². The minimum atomic E-state index is -0.531. The maximum Gasteiger partial charge on any atom is 0.257 e. The van der Waals surface area contributed by atoms with E-state index < -0.39 is 6.04 Å². The molecule has 0 unspecified atom stereocenters. The number of carbonyl (C=O) groups is 2. The third-order valence-electron chi connectivity index (χ3n) is 5.08. The number of rotatable bonds is 6. The topological polar surface area (TPSA) is 113 Å². The van der Waals surface area contributed by atoms with Crippen molar-refractivity contribution >= 4 is 34.8 Å². The van der Waals surface area contributed by atoms with Crippen LogP contribution in [0.25, 0.3) is 5.65 Å². The largest absolute Gasteiger partial charge is 0.495 e. The predicted octanol–water partition coefficient (Wildman–Crippen LogP) is 1.48. The van der Waals surface area contributed by atoms with Crippen LogP contribution in [0.5, 0.6) is 5.75 Å². The van der Waals surface area contributed by atoms with Gasteiger partial charge in [-0.1, -0.05) is 12.1 Å². The zero-order valence-corrected chi connectivity index (χ0v) is 17.0. The molecule has 3 aromatic rings. The molecule has 1 atom stereocenters. The van der Waals surface area contributed by atoms with Gasteiger partial charge in [-0.3, -0.25) is 9.59 Å². The van der Waals surface area contributed by atoms with E-state index in [0.717, 1.165) is 5.69 Å². The fourth-order valence-electron chi connectivity index (χ4n) is 3.44. The highest BCUT2D eigenvalue weighted by Gasteiger charge is 2.31. The highest BCUT2D eigenvalue weighted by molar-refractivity contribution is 6.02. The Morgan fingerprint density at radius 2 is 2.10 bits per heavy atom. The molecule has 30 heavy (non-hydrogen) atoms. The van der Waals surface area contributed by atoms with E-state index >= 15 is 0 Å². The number of benzene rings is 1. The van der Waals surface area contributed by atoms with Crippen LogP contribution in [0.1, 0.15) is 16.8 Å². The smallest absolute Gasteiger partial charge is 0.257 e. The summed E-state index contributed by atoms with van der Waals surface area (Å²) in [6.45, 7) is 0.619. The van der Waals surface area contributed by atoms with Crippen LogP contribution >= 0.6 is 0 Å². The molecule has 3 heterocycles. The molecule has 1 aliphatic rings. The van der Waals surface area contributed by atoms with Gasteiger partial charge in [0.2, 0.25) is 5.91 Å². The van der Waals surface area contributed by atoms with Crippen molar-refractivity contribution in [3.63, 3.8) is 0 Å². The van der Waals surface area contributed by atoms with E-state index in [-0.39, 0.29) is 17.4 Å². The SMILES string of the molecule is CNc1cc(Nc2ccccc2OC)nc2c(C(=O)N[C@H]3CCN(C)C3=O)cnn12. The Hall–Kier alpha value is -3.82. The van der Waals surface area contributed by atoms with E-state index in [2.05, 4.69) is 26.0 Å². The number of methoxy groups -OCH3 is 1. The van der Waals surface area contributed by atoms with Crippen LogP contribution in [0.15, 0.2) is 36.5 Å². The normalized spacial score (nSPS) is 16.0. The summed E-state index contributed by atoms with van der Waals surface area (Å²) in [5, 5.41) is 13.4. The van der Waals surface area contributed by atoms with Gasteiger partial charge in [0.15, 0.2) is 5.65 Å². The van der Waals surface area contributed by atoms with Gasteiger partial charge in [-0.15, -0.1) is 0 Å². The standard InChI is InChI=1S/C20H23N7O3/c1-21-17-10-16(23-13-6-4-5-7-15(13)30-3)25-18-12(11-22-27(17)18)19(28)24-14-8-9-26(2)20(14)29/h4-7,10-11,14,21H,8-9H2,1-3H3,(H,23,25)(H,24,28)/t14-/m0/s1. The Morgan fingerprint density at radius 3 is 2.80 bits per heavy atom. The van der Waals surface area contributed by atoms with Crippen LogP contribution < -0.4 is 20.7 Å². The second-order valence-corrected chi connectivity index (χ2v) is 6.97. The average Bonchev–Trinajstić information content (AvgIpc) is 3.32. The van der Waals surface area contributed by atoms with Crippen molar-refractivity contribution in [2.24, 2.45) is 0 Å². The van der Waals surface area contributed by atoms with Gasteiger partial charge in [-0.2, -0.15) is 9.61 Å². The van der Waals surface area contributed by atoms with Crippen molar-refractivity contribution in [1.82, 2.24) is 24.8 Å². The maximum atomic E-state index is 12.9. The van der Waals surface area contributed by atoms with E-state index in [1.165, 1.54) is 6.20 Å². The van der Waals surface area contributed by atoms with Crippen molar-refractivity contribution in [3.05, 3.63) is 42.1 Å². The maximum absolute atomic E-state index is 12.9. The molecule has 10 heteroatoms. The Kier molecular flexibility index (Phi) is 5.13. The summed E-state index contributed by atoms with van der Waals surface area (Å²) in [7, 11) is 5.08. The number of hydrogen-bond donors (Lipinski definition) is 3. The fraction of sp³-hybridized carbons (Fsp3) is 0.300. The highest BCUT2D eigenvalue weighted by Crippen LogP contribution is 2.28. The number of fused-ring (bicyclic) bond motifs is 1. The van der Waals surface area contributed by atoms with Crippen LogP contribution in [0.3, 0.4) is 0 Å². The second-order valence-electron chi connectivity index (χ2n) is 6.97.